The van der Waals surface area contributed by atoms with Crippen LogP contribution in [0.3, 0.4) is 0 Å². The van der Waals surface area contributed by atoms with E-state index in [-0.39, 0.29) is 5.41 Å². The molecule has 0 heterocycles. The van der Waals surface area contributed by atoms with Gasteiger partial charge < -0.3 is 4.79 Å². The van der Waals surface area contributed by atoms with Crippen LogP contribution in [0.2, 0.25) is 0 Å². The number of carbonyl (C=O) groups is 1. The Bertz CT molecular complexity index is 160. The molecule has 0 N–H and O–H groups in total. The lowest BCUT2D eigenvalue weighted by Crippen LogP contribution is -2.22. The van der Waals surface area contributed by atoms with Crippen molar-refractivity contribution in [3.05, 3.63) is 0 Å². The van der Waals surface area contributed by atoms with Gasteiger partial charge in [0.25, 0.3) is 0 Å². The summed E-state index contributed by atoms with van der Waals surface area (Å²) in [4.78, 5) is 10.9. The van der Waals surface area contributed by atoms with Crippen molar-refractivity contribution < 1.29 is 4.79 Å². The van der Waals surface area contributed by atoms with Crippen molar-refractivity contribution in [2.24, 2.45) is 10.8 Å². The minimum atomic E-state index is 0.157. The summed E-state index contributed by atoms with van der Waals surface area (Å²) in [6.07, 6.45) is 1.80. The highest BCUT2D eigenvalue weighted by Crippen LogP contribution is 2.35. The zero-order valence-corrected chi connectivity index (χ0v) is 9.32. The third kappa shape index (κ3) is 6.38. The Morgan fingerprint density at radius 1 is 1.08 bits per heavy atom. The van der Waals surface area contributed by atoms with E-state index in [1.807, 2.05) is 0 Å². The van der Waals surface area contributed by atoms with Gasteiger partial charge in [0.15, 0.2) is 0 Å². The molecule has 0 fully saturated rings. The highest BCUT2D eigenvalue weighted by atomic mass is 16.1. The summed E-state index contributed by atoms with van der Waals surface area (Å²) in [5.74, 6) is 0.296. The fourth-order valence-electron chi connectivity index (χ4n) is 2.17. The molecule has 0 spiro atoms. The third-order valence-electron chi connectivity index (χ3n) is 1.74. The Hall–Kier alpha value is -0.330. The van der Waals surface area contributed by atoms with Gasteiger partial charge in [-0.1, -0.05) is 34.6 Å². The monoisotopic (exact) mass is 170 g/mol. The van der Waals surface area contributed by atoms with Crippen LogP contribution in [0.4, 0.5) is 0 Å². The van der Waals surface area contributed by atoms with Gasteiger partial charge in [0.2, 0.25) is 0 Å². The van der Waals surface area contributed by atoms with E-state index in [0.29, 0.717) is 17.6 Å². The van der Waals surface area contributed by atoms with Crippen molar-refractivity contribution in [1.82, 2.24) is 0 Å². The van der Waals surface area contributed by atoms with Gasteiger partial charge in [-0.05, 0) is 24.2 Å². The van der Waals surface area contributed by atoms with E-state index in [0.717, 1.165) is 6.42 Å². The lowest BCUT2D eigenvalue weighted by Gasteiger charge is -2.31. The summed E-state index contributed by atoms with van der Waals surface area (Å²) in [5, 5.41) is 0. The molecule has 72 valence electrons. The Morgan fingerprint density at radius 2 is 1.50 bits per heavy atom. The zero-order valence-electron chi connectivity index (χ0n) is 9.32. The average molecular weight is 170 g/mol. The van der Waals surface area contributed by atoms with Crippen LogP contribution in [-0.4, -0.2) is 5.78 Å². The standard InChI is InChI=1S/C11H22O/c1-9(12)7-11(5,6)8-10(2,3)4/h7-8H2,1-6H3. The number of carbonyl (C=O) groups excluding carboxylic acids is 1. The second-order valence-electron chi connectivity index (χ2n) is 5.78. The maximum atomic E-state index is 10.9. The Kier molecular flexibility index (Phi) is 3.49. The molecule has 0 aromatic carbocycles. The molecular formula is C11H22O. The molecule has 1 nitrogen and oxygen atoms in total. The van der Waals surface area contributed by atoms with Crippen LogP contribution < -0.4 is 0 Å². The summed E-state index contributed by atoms with van der Waals surface area (Å²) in [7, 11) is 0. The molecule has 0 aromatic heterocycles. The molecular weight excluding hydrogens is 148 g/mol. The Morgan fingerprint density at radius 3 is 1.75 bits per heavy atom. The minimum absolute atomic E-state index is 0.157. The quantitative estimate of drug-likeness (QED) is 0.634. The molecule has 0 atom stereocenters. The first-order valence-corrected chi connectivity index (χ1v) is 4.62. The van der Waals surface area contributed by atoms with Gasteiger partial charge in [0.05, 0.1) is 0 Å². The number of Topliss-reactive ketones (excluding diaryl/α,β-unsaturated/α-hetero) is 1. The van der Waals surface area contributed by atoms with E-state index in [4.69, 9.17) is 0 Å². The maximum Gasteiger partial charge on any atom is 0.130 e. The van der Waals surface area contributed by atoms with Crippen molar-refractivity contribution in [1.29, 1.82) is 0 Å². The normalized spacial score (nSPS) is 13.2. The highest BCUT2D eigenvalue weighted by Gasteiger charge is 2.26. The molecule has 12 heavy (non-hydrogen) atoms. The van der Waals surface area contributed by atoms with Gasteiger partial charge in [-0.2, -0.15) is 0 Å². The third-order valence-corrected chi connectivity index (χ3v) is 1.74. The van der Waals surface area contributed by atoms with E-state index in [2.05, 4.69) is 34.6 Å². The fourth-order valence-corrected chi connectivity index (χ4v) is 2.17. The van der Waals surface area contributed by atoms with E-state index in [9.17, 15) is 4.79 Å². The van der Waals surface area contributed by atoms with Crippen molar-refractivity contribution >= 4 is 5.78 Å². The van der Waals surface area contributed by atoms with Gasteiger partial charge in [0.1, 0.15) is 5.78 Å². The number of ketones is 1. The summed E-state index contributed by atoms with van der Waals surface area (Å²) in [5.41, 5.74) is 0.475. The van der Waals surface area contributed by atoms with Gasteiger partial charge >= 0.3 is 0 Å². The molecule has 0 amide bonds. The van der Waals surface area contributed by atoms with Crippen molar-refractivity contribution in [3.8, 4) is 0 Å². The summed E-state index contributed by atoms with van der Waals surface area (Å²) in [6.45, 7) is 12.7. The molecule has 1 heteroatoms. The average Bonchev–Trinajstić information content (AvgIpc) is 1.48. The van der Waals surface area contributed by atoms with Gasteiger partial charge in [-0.3, -0.25) is 0 Å². The van der Waals surface area contributed by atoms with E-state index in [1.54, 1.807) is 6.92 Å². The van der Waals surface area contributed by atoms with Gasteiger partial charge in [0, 0.05) is 6.42 Å². The van der Waals surface area contributed by atoms with Crippen molar-refractivity contribution in [2.45, 2.75) is 54.4 Å². The molecule has 0 aliphatic heterocycles. The van der Waals surface area contributed by atoms with E-state index >= 15 is 0 Å². The lowest BCUT2D eigenvalue weighted by molar-refractivity contribution is -0.119. The number of rotatable bonds is 3. The van der Waals surface area contributed by atoms with Crippen LogP contribution in [0.25, 0.3) is 0 Å². The molecule has 0 saturated heterocycles. The topological polar surface area (TPSA) is 17.1 Å². The maximum absolute atomic E-state index is 10.9. The molecule has 0 rings (SSSR count). The molecule has 0 saturated carbocycles. The van der Waals surface area contributed by atoms with Crippen molar-refractivity contribution in [3.63, 3.8) is 0 Å². The Labute approximate surface area is 76.6 Å². The SMILES string of the molecule is CC(=O)CC(C)(C)CC(C)(C)C. The zero-order chi connectivity index (χ0) is 9.99. The predicted molar refractivity (Wildman–Crippen MR) is 53.2 cm³/mol. The van der Waals surface area contributed by atoms with Crippen LogP contribution in [-0.2, 0) is 4.79 Å². The summed E-state index contributed by atoms with van der Waals surface area (Å²) < 4.78 is 0. The summed E-state index contributed by atoms with van der Waals surface area (Å²) in [6, 6.07) is 0. The smallest absolute Gasteiger partial charge is 0.130 e. The van der Waals surface area contributed by atoms with Gasteiger partial charge in [-0.25, -0.2) is 0 Å². The van der Waals surface area contributed by atoms with Crippen molar-refractivity contribution in [2.75, 3.05) is 0 Å². The Balaban J connectivity index is 4.13. The second kappa shape index (κ2) is 3.59. The number of hydrogen-bond acceptors (Lipinski definition) is 1. The van der Waals surface area contributed by atoms with Crippen LogP contribution in [0.5, 0.6) is 0 Å². The first-order valence-electron chi connectivity index (χ1n) is 4.62. The lowest BCUT2D eigenvalue weighted by atomic mass is 9.74. The number of hydrogen-bond donors (Lipinski definition) is 0. The molecule has 0 aromatic rings. The molecule has 0 bridgehead atoms. The molecule has 0 aliphatic carbocycles. The highest BCUT2D eigenvalue weighted by molar-refractivity contribution is 5.76. The fraction of sp³-hybridized carbons (Fsp3) is 0.909. The van der Waals surface area contributed by atoms with Crippen LogP contribution in [0, 0.1) is 10.8 Å². The van der Waals surface area contributed by atoms with Crippen LogP contribution in [0.15, 0.2) is 0 Å². The largest absolute Gasteiger partial charge is 0.300 e. The minimum Gasteiger partial charge on any atom is -0.300 e. The molecule has 0 aliphatic rings. The van der Waals surface area contributed by atoms with Crippen LogP contribution in [0.1, 0.15) is 54.4 Å². The first kappa shape index (κ1) is 11.7. The first-order chi connectivity index (χ1) is 5.12. The second-order valence-corrected chi connectivity index (χ2v) is 5.78. The summed E-state index contributed by atoms with van der Waals surface area (Å²) >= 11 is 0. The van der Waals surface area contributed by atoms with E-state index < -0.39 is 0 Å². The van der Waals surface area contributed by atoms with Gasteiger partial charge in [-0.15, -0.1) is 0 Å². The molecule has 0 unspecified atom stereocenters. The van der Waals surface area contributed by atoms with Crippen LogP contribution >= 0.6 is 0 Å². The molecule has 0 radical (unpaired) electrons. The predicted octanol–water partition coefficient (Wildman–Crippen LogP) is 3.43. The van der Waals surface area contributed by atoms with E-state index in [1.165, 1.54) is 0 Å².